The van der Waals surface area contributed by atoms with Crippen molar-refractivity contribution in [1.82, 2.24) is 0 Å². The zero-order chi connectivity index (χ0) is 6.78. The van der Waals surface area contributed by atoms with Crippen LogP contribution in [0.25, 0.3) is 0 Å². The minimum Gasteiger partial charge on any atom is -0.119 e. The molecule has 0 fully saturated rings. The standard InChI is InChI=1S/C7H15Cl/c1-5-7(4,8)6(2)3/h6H,5H2,1-4H3. The average Bonchev–Trinajstić information content (AvgIpc) is 1.67. The maximum absolute atomic E-state index is 6.06. The van der Waals surface area contributed by atoms with Gasteiger partial charge in [-0.15, -0.1) is 11.6 Å². The first kappa shape index (κ1) is 8.29. The normalized spacial score (nSPS) is 18.8. The van der Waals surface area contributed by atoms with E-state index in [0.29, 0.717) is 5.92 Å². The minimum atomic E-state index is 0.0139. The Hall–Kier alpha value is 0.290. The first-order chi connectivity index (χ1) is 3.50. The lowest BCUT2D eigenvalue weighted by Gasteiger charge is -2.23. The van der Waals surface area contributed by atoms with Gasteiger partial charge >= 0.3 is 0 Å². The van der Waals surface area contributed by atoms with Crippen molar-refractivity contribution in [2.45, 2.75) is 39.0 Å². The Labute approximate surface area is 57.2 Å². The van der Waals surface area contributed by atoms with Crippen LogP contribution >= 0.6 is 11.6 Å². The average molecular weight is 135 g/mol. The maximum Gasteiger partial charge on any atom is 0.0439 e. The Morgan fingerprint density at radius 3 is 1.88 bits per heavy atom. The van der Waals surface area contributed by atoms with E-state index in [2.05, 4.69) is 27.7 Å². The summed E-state index contributed by atoms with van der Waals surface area (Å²) in [6.07, 6.45) is 1.05. The summed E-state index contributed by atoms with van der Waals surface area (Å²) >= 11 is 6.06. The monoisotopic (exact) mass is 134 g/mol. The second-order valence-corrected chi connectivity index (χ2v) is 3.65. The van der Waals surface area contributed by atoms with Gasteiger partial charge < -0.3 is 0 Å². The third-order valence-electron chi connectivity index (χ3n) is 1.90. The highest BCUT2D eigenvalue weighted by Crippen LogP contribution is 2.27. The summed E-state index contributed by atoms with van der Waals surface area (Å²) in [5.41, 5.74) is 0. The fourth-order valence-electron chi connectivity index (χ4n) is 0.408. The van der Waals surface area contributed by atoms with Gasteiger partial charge in [-0.1, -0.05) is 20.8 Å². The molecule has 1 unspecified atom stereocenters. The third-order valence-corrected chi connectivity index (χ3v) is 2.60. The highest BCUT2D eigenvalue weighted by Gasteiger charge is 2.21. The lowest BCUT2D eigenvalue weighted by atomic mass is 9.95. The van der Waals surface area contributed by atoms with Crippen LogP contribution in [0.4, 0.5) is 0 Å². The molecule has 0 amide bonds. The van der Waals surface area contributed by atoms with Crippen LogP contribution in [0.5, 0.6) is 0 Å². The van der Waals surface area contributed by atoms with Gasteiger partial charge in [-0.2, -0.15) is 0 Å². The zero-order valence-electron chi connectivity index (χ0n) is 6.16. The van der Waals surface area contributed by atoms with Gasteiger partial charge in [0, 0.05) is 4.87 Å². The van der Waals surface area contributed by atoms with E-state index in [1.54, 1.807) is 0 Å². The molecular formula is C7H15Cl. The van der Waals surface area contributed by atoms with Gasteiger partial charge in [-0.25, -0.2) is 0 Å². The molecule has 0 spiro atoms. The van der Waals surface area contributed by atoms with Crippen molar-refractivity contribution in [3.63, 3.8) is 0 Å². The summed E-state index contributed by atoms with van der Waals surface area (Å²) in [6.45, 7) is 8.50. The van der Waals surface area contributed by atoms with Crippen molar-refractivity contribution in [3.05, 3.63) is 0 Å². The molecule has 8 heavy (non-hydrogen) atoms. The summed E-state index contributed by atoms with van der Waals surface area (Å²) in [5, 5.41) is 0. The Morgan fingerprint density at radius 1 is 1.50 bits per heavy atom. The van der Waals surface area contributed by atoms with Crippen LogP contribution in [0, 0.1) is 5.92 Å². The lowest BCUT2D eigenvalue weighted by molar-refractivity contribution is 0.445. The largest absolute Gasteiger partial charge is 0.119 e. The van der Waals surface area contributed by atoms with Gasteiger partial charge in [0.05, 0.1) is 0 Å². The highest BCUT2D eigenvalue weighted by molar-refractivity contribution is 6.23. The van der Waals surface area contributed by atoms with E-state index in [4.69, 9.17) is 11.6 Å². The van der Waals surface area contributed by atoms with Gasteiger partial charge in [0.2, 0.25) is 0 Å². The summed E-state index contributed by atoms with van der Waals surface area (Å²) in [4.78, 5) is 0.0139. The van der Waals surface area contributed by atoms with Gasteiger partial charge in [-0.3, -0.25) is 0 Å². The number of alkyl halides is 1. The molecule has 1 heteroatoms. The van der Waals surface area contributed by atoms with E-state index >= 15 is 0 Å². The Morgan fingerprint density at radius 2 is 1.88 bits per heavy atom. The SMILES string of the molecule is CCC(C)(Cl)C(C)C. The molecule has 0 rings (SSSR count). The molecule has 0 N–H and O–H groups in total. The molecule has 50 valence electrons. The van der Waals surface area contributed by atoms with Gasteiger partial charge in [0.15, 0.2) is 0 Å². The fraction of sp³-hybridized carbons (Fsp3) is 1.00. The maximum atomic E-state index is 6.06. The molecule has 0 radical (unpaired) electrons. The summed E-state index contributed by atoms with van der Waals surface area (Å²) in [5.74, 6) is 0.578. The molecule has 0 heterocycles. The van der Waals surface area contributed by atoms with E-state index in [-0.39, 0.29) is 4.87 Å². The molecular weight excluding hydrogens is 120 g/mol. The van der Waals surface area contributed by atoms with Crippen LogP contribution < -0.4 is 0 Å². The molecule has 0 aliphatic carbocycles. The second-order valence-electron chi connectivity index (χ2n) is 2.79. The summed E-state index contributed by atoms with van der Waals surface area (Å²) in [7, 11) is 0. The van der Waals surface area contributed by atoms with Crippen molar-refractivity contribution >= 4 is 11.6 Å². The van der Waals surface area contributed by atoms with Crippen molar-refractivity contribution in [2.75, 3.05) is 0 Å². The Kier molecular flexibility index (Phi) is 2.82. The van der Waals surface area contributed by atoms with Crippen LogP contribution in [-0.2, 0) is 0 Å². The topological polar surface area (TPSA) is 0 Å². The number of rotatable bonds is 2. The van der Waals surface area contributed by atoms with Crippen molar-refractivity contribution in [1.29, 1.82) is 0 Å². The van der Waals surface area contributed by atoms with Crippen molar-refractivity contribution in [3.8, 4) is 0 Å². The quantitative estimate of drug-likeness (QED) is 0.510. The van der Waals surface area contributed by atoms with Gasteiger partial charge in [0.1, 0.15) is 0 Å². The smallest absolute Gasteiger partial charge is 0.0439 e. The second kappa shape index (κ2) is 2.72. The predicted octanol–water partition coefficient (Wildman–Crippen LogP) is 3.05. The van der Waals surface area contributed by atoms with Crippen LogP contribution in [0.3, 0.4) is 0 Å². The molecule has 0 aromatic rings. The van der Waals surface area contributed by atoms with Gasteiger partial charge in [-0.05, 0) is 19.3 Å². The van der Waals surface area contributed by atoms with E-state index in [1.807, 2.05) is 0 Å². The van der Waals surface area contributed by atoms with E-state index in [0.717, 1.165) is 6.42 Å². The first-order valence-electron chi connectivity index (χ1n) is 3.19. The van der Waals surface area contributed by atoms with E-state index in [9.17, 15) is 0 Å². The minimum absolute atomic E-state index is 0.0139. The van der Waals surface area contributed by atoms with Crippen molar-refractivity contribution < 1.29 is 0 Å². The number of halogens is 1. The highest BCUT2D eigenvalue weighted by atomic mass is 35.5. The molecule has 0 nitrogen and oxygen atoms in total. The molecule has 0 aromatic heterocycles. The number of hydrogen-bond acceptors (Lipinski definition) is 0. The van der Waals surface area contributed by atoms with Crippen LogP contribution in [-0.4, -0.2) is 4.87 Å². The number of hydrogen-bond donors (Lipinski definition) is 0. The molecule has 1 atom stereocenters. The molecule has 0 aromatic carbocycles. The molecule has 0 aliphatic heterocycles. The lowest BCUT2D eigenvalue weighted by Crippen LogP contribution is -2.22. The Balaban J connectivity index is 3.71. The van der Waals surface area contributed by atoms with Gasteiger partial charge in [0.25, 0.3) is 0 Å². The van der Waals surface area contributed by atoms with Crippen LogP contribution in [0.2, 0.25) is 0 Å². The van der Waals surface area contributed by atoms with E-state index in [1.165, 1.54) is 0 Å². The fourth-order valence-corrected chi connectivity index (χ4v) is 0.408. The third kappa shape index (κ3) is 2.04. The molecule has 0 aliphatic rings. The van der Waals surface area contributed by atoms with E-state index < -0.39 is 0 Å². The van der Waals surface area contributed by atoms with Crippen LogP contribution in [0.15, 0.2) is 0 Å². The van der Waals surface area contributed by atoms with Crippen molar-refractivity contribution in [2.24, 2.45) is 5.92 Å². The first-order valence-corrected chi connectivity index (χ1v) is 3.57. The Bertz CT molecular complexity index is 64.8. The molecule has 0 saturated heterocycles. The summed E-state index contributed by atoms with van der Waals surface area (Å²) < 4.78 is 0. The predicted molar refractivity (Wildman–Crippen MR) is 39.4 cm³/mol. The molecule has 0 bridgehead atoms. The summed E-state index contributed by atoms with van der Waals surface area (Å²) in [6, 6.07) is 0. The van der Waals surface area contributed by atoms with Crippen LogP contribution in [0.1, 0.15) is 34.1 Å². The zero-order valence-corrected chi connectivity index (χ0v) is 6.92. The molecule has 0 saturated carbocycles.